The number of hydrogen-bond acceptors (Lipinski definition) is 3. The highest BCUT2D eigenvalue weighted by atomic mass is 16.5. The highest BCUT2D eigenvalue weighted by Crippen LogP contribution is 2.25. The van der Waals surface area contributed by atoms with E-state index in [1.807, 2.05) is 6.07 Å². The van der Waals surface area contributed by atoms with Gasteiger partial charge in [0.1, 0.15) is 0 Å². The predicted octanol–water partition coefficient (Wildman–Crippen LogP) is 2.52. The summed E-state index contributed by atoms with van der Waals surface area (Å²) in [4.78, 5) is 0. The van der Waals surface area contributed by atoms with Crippen LogP contribution in [0.3, 0.4) is 0 Å². The molecule has 2 atom stereocenters. The van der Waals surface area contributed by atoms with E-state index >= 15 is 0 Å². The van der Waals surface area contributed by atoms with Crippen LogP contribution >= 0.6 is 0 Å². The molecule has 1 aromatic heterocycles. The van der Waals surface area contributed by atoms with Gasteiger partial charge in [-0.2, -0.15) is 0 Å². The largest absolute Gasteiger partial charge is 0.360 e. The van der Waals surface area contributed by atoms with Crippen molar-refractivity contribution in [3.63, 3.8) is 0 Å². The highest BCUT2D eigenvalue weighted by molar-refractivity contribution is 5.05. The molecule has 1 heterocycles. The van der Waals surface area contributed by atoms with Crippen LogP contribution in [0, 0.1) is 5.92 Å². The van der Waals surface area contributed by atoms with Gasteiger partial charge in [-0.1, -0.05) is 25.4 Å². The molecule has 3 nitrogen and oxygen atoms in total. The van der Waals surface area contributed by atoms with Gasteiger partial charge in [-0.05, 0) is 25.2 Å². The summed E-state index contributed by atoms with van der Waals surface area (Å²) in [5, 5.41) is 7.54. The van der Waals surface area contributed by atoms with Crippen LogP contribution in [0.5, 0.6) is 0 Å². The maximum Gasteiger partial charge on any atom is 0.150 e. The zero-order valence-corrected chi connectivity index (χ0v) is 9.62. The number of hydrogen-bond donors (Lipinski definition) is 1. The number of rotatable bonds is 4. The highest BCUT2D eigenvalue weighted by Gasteiger charge is 2.22. The summed E-state index contributed by atoms with van der Waals surface area (Å²) in [6.45, 7) is 5.23. The van der Waals surface area contributed by atoms with Gasteiger partial charge in [0.2, 0.25) is 0 Å². The first-order chi connectivity index (χ1) is 7.29. The first-order valence-electron chi connectivity index (χ1n) is 5.97. The maximum absolute atomic E-state index is 5.24. The van der Waals surface area contributed by atoms with Gasteiger partial charge in [0.25, 0.3) is 0 Å². The first kappa shape index (κ1) is 10.7. The van der Waals surface area contributed by atoms with Gasteiger partial charge in [0.15, 0.2) is 5.76 Å². The lowest BCUT2D eigenvalue weighted by Gasteiger charge is -2.15. The number of nitrogens with zero attached hydrogens (tertiary/aromatic N) is 1. The molecular formula is C12H20N2O. The van der Waals surface area contributed by atoms with Crippen molar-refractivity contribution in [3.05, 3.63) is 17.5 Å². The number of nitrogens with one attached hydrogen (secondary N) is 1. The van der Waals surface area contributed by atoms with E-state index in [2.05, 4.69) is 24.3 Å². The topological polar surface area (TPSA) is 38.1 Å². The van der Waals surface area contributed by atoms with Crippen molar-refractivity contribution in [3.8, 4) is 0 Å². The van der Waals surface area contributed by atoms with Crippen LogP contribution in [0.4, 0.5) is 0 Å². The fourth-order valence-corrected chi connectivity index (χ4v) is 2.29. The Hall–Kier alpha value is -0.830. The summed E-state index contributed by atoms with van der Waals surface area (Å²) >= 11 is 0. The zero-order chi connectivity index (χ0) is 10.7. The molecular weight excluding hydrogens is 188 g/mol. The van der Waals surface area contributed by atoms with E-state index in [4.69, 9.17) is 4.52 Å². The van der Waals surface area contributed by atoms with Crippen LogP contribution in [0.15, 0.2) is 10.6 Å². The molecule has 3 heteroatoms. The molecule has 15 heavy (non-hydrogen) atoms. The SMILES string of the molecule is CCc1cc(CNC2CCCC2C)on1. The van der Waals surface area contributed by atoms with E-state index in [0.29, 0.717) is 6.04 Å². The minimum absolute atomic E-state index is 0.667. The minimum atomic E-state index is 0.667. The molecule has 1 saturated carbocycles. The van der Waals surface area contributed by atoms with Crippen molar-refractivity contribution in [2.24, 2.45) is 5.92 Å². The van der Waals surface area contributed by atoms with Crippen LogP contribution in [0.25, 0.3) is 0 Å². The molecule has 1 fully saturated rings. The second kappa shape index (κ2) is 4.79. The Labute approximate surface area is 91.2 Å². The van der Waals surface area contributed by atoms with Crippen LogP contribution in [-0.4, -0.2) is 11.2 Å². The molecule has 84 valence electrons. The lowest BCUT2D eigenvalue weighted by Crippen LogP contribution is -2.30. The molecule has 0 bridgehead atoms. The lowest BCUT2D eigenvalue weighted by molar-refractivity contribution is 0.345. The van der Waals surface area contributed by atoms with Crippen molar-refractivity contribution < 1.29 is 4.52 Å². The quantitative estimate of drug-likeness (QED) is 0.826. The van der Waals surface area contributed by atoms with E-state index in [0.717, 1.165) is 30.3 Å². The Morgan fingerprint density at radius 3 is 3.00 bits per heavy atom. The fraction of sp³-hybridized carbons (Fsp3) is 0.750. The van der Waals surface area contributed by atoms with Crippen LogP contribution in [-0.2, 0) is 13.0 Å². The molecule has 2 rings (SSSR count). The summed E-state index contributed by atoms with van der Waals surface area (Å²) in [6.07, 6.45) is 4.96. The molecule has 1 N–H and O–H groups in total. The molecule has 0 amide bonds. The molecule has 0 aliphatic heterocycles. The zero-order valence-electron chi connectivity index (χ0n) is 9.62. The summed E-state index contributed by atoms with van der Waals surface area (Å²) in [7, 11) is 0. The molecule has 0 spiro atoms. The molecule has 1 aliphatic rings. The number of aromatic nitrogens is 1. The third-order valence-electron chi connectivity index (χ3n) is 3.37. The monoisotopic (exact) mass is 208 g/mol. The number of aryl methyl sites for hydroxylation is 1. The third-order valence-corrected chi connectivity index (χ3v) is 3.37. The average Bonchev–Trinajstić information content (AvgIpc) is 2.84. The lowest BCUT2D eigenvalue weighted by atomic mass is 10.1. The summed E-state index contributed by atoms with van der Waals surface area (Å²) in [5.41, 5.74) is 1.05. The van der Waals surface area contributed by atoms with Crippen molar-refractivity contribution in [1.29, 1.82) is 0 Å². The van der Waals surface area contributed by atoms with Gasteiger partial charge in [0.05, 0.1) is 12.2 Å². The Morgan fingerprint density at radius 1 is 1.53 bits per heavy atom. The molecule has 2 unspecified atom stereocenters. The standard InChI is InChI=1S/C12H20N2O/c1-3-10-7-11(15-14-10)8-13-12-6-4-5-9(12)2/h7,9,12-13H,3-6,8H2,1-2H3. The summed E-state index contributed by atoms with van der Waals surface area (Å²) in [5.74, 6) is 1.77. The van der Waals surface area contributed by atoms with Gasteiger partial charge in [-0.3, -0.25) is 0 Å². The Kier molecular flexibility index (Phi) is 3.41. The van der Waals surface area contributed by atoms with Crippen molar-refractivity contribution in [2.45, 2.75) is 52.1 Å². The van der Waals surface area contributed by atoms with E-state index in [1.54, 1.807) is 0 Å². The van der Waals surface area contributed by atoms with Gasteiger partial charge in [0, 0.05) is 12.1 Å². The summed E-state index contributed by atoms with van der Waals surface area (Å²) < 4.78 is 5.24. The van der Waals surface area contributed by atoms with Crippen LogP contribution in [0.2, 0.25) is 0 Å². The van der Waals surface area contributed by atoms with E-state index in [-0.39, 0.29) is 0 Å². The Morgan fingerprint density at radius 2 is 2.40 bits per heavy atom. The van der Waals surface area contributed by atoms with E-state index in [1.165, 1.54) is 19.3 Å². The van der Waals surface area contributed by atoms with Crippen molar-refractivity contribution >= 4 is 0 Å². The van der Waals surface area contributed by atoms with Gasteiger partial charge in [-0.25, -0.2) is 0 Å². The third kappa shape index (κ3) is 2.59. The van der Waals surface area contributed by atoms with Gasteiger partial charge >= 0.3 is 0 Å². The Bertz CT molecular complexity index is 308. The fourth-order valence-electron chi connectivity index (χ4n) is 2.29. The molecule has 0 saturated heterocycles. The van der Waals surface area contributed by atoms with Gasteiger partial charge < -0.3 is 9.84 Å². The van der Waals surface area contributed by atoms with E-state index < -0.39 is 0 Å². The van der Waals surface area contributed by atoms with Gasteiger partial charge in [-0.15, -0.1) is 0 Å². The molecule has 0 radical (unpaired) electrons. The van der Waals surface area contributed by atoms with E-state index in [9.17, 15) is 0 Å². The van der Waals surface area contributed by atoms with Crippen molar-refractivity contribution in [1.82, 2.24) is 10.5 Å². The second-order valence-corrected chi connectivity index (χ2v) is 4.53. The normalized spacial score (nSPS) is 26.0. The average molecular weight is 208 g/mol. The molecule has 0 aromatic carbocycles. The predicted molar refractivity (Wildman–Crippen MR) is 59.5 cm³/mol. The van der Waals surface area contributed by atoms with Crippen LogP contribution < -0.4 is 5.32 Å². The second-order valence-electron chi connectivity index (χ2n) is 4.53. The molecule has 1 aromatic rings. The smallest absolute Gasteiger partial charge is 0.150 e. The van der Waals surface area contributed by atoms with Crippen LogP contribution in [0.1, 0.15) is 44.6 Å². The Balaban J connectivity index is 1.82. The summed E-state index contributed by atoms with van der Waals surface area (Å²) in [6, 6.07) is 2.72. The maximum atomic E-state index is 5.24. The first-order valence-corrected chi connectivity index (χ1v) is 5.97. The minimum Gasteiger partial charge on any atom is -0.360 e. The molecule has 1 aliphatic carbocycles. The van der Waals surface area contributed by atoms with Crippen molar-refractivity contribution in [2.75, 3.05) is 0 Å².